The van der Waals surface area contributed by atoms with Crippen molar-refractivity contribution >= 4 is 29.0 Å². The topological polar surface area (TPSA) is 71.3 Å². The van der Waals surface area contributed by atoms with Crippen molar-refractivity contribution in [2.45, 2.75) is 31.4 Å². The summed E-state index contributed by atoms with van der Waals surface area (Å²) >= 11 is 1.23. The number of carbonyl (C=O) groups excluding carboxylic acids is 1. The molecule has 1 N–H and O–H groups in total. The summed E-state index contributed by atoms with van der Waals surface area (Å²) in [7, 11) is 0. The summed E-state index contributed by atoms with van der Waals surface area (Å²) in [5.74, 6) is 0.574. The Kier molecular flexibility index (Phi) is 6.14. The van der Waals surface area contributed by atoms with Gasteiger partial charge in [0.2, 0.25) is 11.8 Å². The van der Waals surface area contributed by atoms with Crippen molar-refractivity contribution in [2.75, 3.05) is 29.1 Å². The van der Waals surface area contributed by atoms with Gasteiger partial charge in [-0.25, -0.2) is 0 Å². The molecule has 1 saturated heterocycles. The van der Waals surface area contributed by atoms with Gasteiger partial charge in [-0.3, -0.25) is 4.79 Å². The van der Waals surface area contributed by atoms with Crippen LogP contribution in [0.15, 0.2) is 58.2 Å². The van der Waals surface area contributed by atoms with E-state index in [9.17, 15) is 4.79 Å². The molecule has 2 aromatic carbocycles. The normalized spacial score (nSPS) is 14.0. The van der Waals surface area contributed by atoms with Crippen molar-refractivity contribution in [1.29, 1.82) is 0 Å². The minimum Gasteiger partial charge on any atom is -0.411 e. The number of nitrogens with one attached hydrogen (secondary N) is 1. The molecule has 7 heteroatoms. The Morgan fingerprint density at radius 1 is 1.10 bits per heavy atom. The zero-order valence-corrected chi connectivity index (χ0v) is 17.2. The standard InChI is InChI=1S/C22H24N4O2S/c1-16-6-5-7-17(14-16)21-24-25-22(28-21)29-15-20(27)23-18-8-10-19(11-9-18)26-12-3-2-4-13-26/h5-11,14H,2-4,12-13,15H2,1H3,(H,23,27). The van der Waals surface area contributed by atoms with Gasteiger partial charge in [-0.1, -0.05) is 29.5 Å². The van der Waals surface area contributed by atoms with E-state index in [4.69, 9.17) is 4.42 Å². The fourth-order valence-corrected chi connectivity index (χ4v) is 3.96. The van der Waals surface area contributed by atoms with E-state index in [2.05, 4.69) is 32.5 Å². The average molecular weight is 409 g/mol. The summed E-state index contributed by atoms with van der Waals surface area (Å²) in [6.07, 6.45) is 3.81. The molecule has 2 heterocycles. The Hall–Kier alpha value is -2.80. The molecular formula is C22H24N4O2S. The number of amides is 1. The van der Waals surface area contributed by atoms with Crippen molar-refractivity contribution < 1.29 is 9.21 Å². The largest absolute Gasteiger partial charge is 0.411 e. The van der Waals surface area contributed by atoms with Gasteiger partial charge in [-0.05, 0) is 62.6 Å². The molecule has 1 aliphatic rings. The second-order valence-corrected chi connectivity index (χ2v) is 8.10. The van der Waals surface area contributed by atoms with Crippen LogP contribution in [0.2, 0.25) is 0 Å². The molecule has 1 fully saturated rings. The smallest absolute Gasteiger partial charge is 0.277 e. The molecule has 29 heavy (non-hydrogen) atoms. The molecule has 1 aromatic heterocycles. The maximum Gasteiger partial charge on any atom is 0.277 e. The second-order valence-electron chi connectivity index (χ2n) is 7.17. The van der Waals surface area contributed by atoms with Crippen LogP contribution < -0.4 is 10.2 Å². The van der Waals surface area contributed by atoms with Gasteiger partial charge in [0.25, 0.3) is 5.22 Å². The summed E-state index contributed by atoms with van der Waals surface area (Å²) in [4.78, 5) is 14.7. The molecule has 4 rings (SSSR count). The van der Waals surface area contributed by atoms with Crippen LogP contribution in [0.25, 0.3) is 11.5 Å². The highest BCUT2D eigenvalue weighted by Gasteiger charge is 2.13. The quantitative estimate of drug-likeness (QED) is 0.593. The van der Waals surface area contributed by atoms with Crippen molar-refractivity contribution in [3.8, 4) is 11.5 Å². The highest BCUT2D eigenvalue weighted by atomic mass is 32.2. The van der Waals surface area contributed by atoms with E-state index in [0.29, 0.717) is 11.1 Å². The van der Waals surface area contributed by atoms with Crippen LogP contribution in [0, 0.1) is 6.92 Å². The van der Waals surface area contributed by atoms with Crippen molar-refractivity contribution in [2.24, 2.45) is 0 Å². The van der Waals surface area contributed by atoms with Crippen LogP contribution >= 0.6 is 11.8 Å². The lowest BCUT2D eigenvalue weighted by Gasteiger charge is -2.28. The summed E-state index contributed by atoms with van der Waals surface area (Å²) < 4.78 is 5.66. The number of aryl methyl sites for hydroxylation is 1. The number of carbonyl (C=O) groups is 1. The predicted octanol–water partition coefficient (Wildman–Crippen LogP) is 4.77. The van der Waals surface area contributed by atoms with Gasteiger partial charge in [-0.2, -0.15) is 0 Å². The average Bonchev–Trinajstić information content (AvgIpc) is 3.23. The molecule has 6 nitrogen and oxygen atoms in total. The van der Waals surface area contributed by atoms with Gasteiger partial charge in [-0.15, -0.1) is 10.2 Å². The summed E-state index contributed by atoms with van der Waals surface area (Å²) in [5, 5.41) is 11.4. The van der Waals surface area contributed by atoms with E-state index in [0.717, 1.165) is 29.9 Å². The molecule has 0 radical (unpaired) electrons. The molecule has 0 saturated carbocycles. The van der Waals surface area contributed by atoms with Gasteiger partial charge in [0.15, 0.2) is 0 Å². The molecule has 0 atom stereocenters. The number of thioether (sulfide) groups is 1. The number of anilines is 2. The van der Waals surface area contributed by atoms with Gasteiger partial charge < -0.3 is 14.6 Å². The van der Waals surface area contributed by atoms with E-state index >= 15 is 0 Å². The predicted molar refractivity (Wildman–Crippen MR) is 116 cm³/mol. The number of hydrogen-bond acceptors (Lipinski definition) is 6. The third-order valence-electron chi connectivity index (χ3n) is 4.87. The molecule has 0 spiro atoms. The first-order valence-corrected chi connectivity index (χ1v) is 10.8. The van der Waals surface area contributed by atoms with Gasteiger partial charge in [0.1, 0.15) is 0 Å². The first-order valence-electron chi connectivity index (χ1n) is 9.85. The number of nitrogens with zero attached hydrogens (tertiary/aromatic N) is 3. The minimum atomic E-state index is -0.101. The Labute approximate surface area is 174 Å². The lowest BCUT2D eigenvalue weighted by molar-refractivity contribution is -0.113. The number of benzene rings is 2. The number of piperidine rings is 1. The van der Waals surface area contributed by atoms with Gasteiger partial charge >= 0.3 is 0 Å². The van der Waals surface area contributed by atoms with E-state index in [1.807, 2.05) is 43.3 Å². The van der Waals surface area contributed by atoms with Gasteiger partial charge in [0, 0.05) is 30.0 Å². The molecule has 0 unspecified atom stereocenters. The monoisotopic (exact) mass is 408 g/mol. The zero-order valence-electron chi connectivity index (χ0n) is 16.4. The summed E-state index contributed by atoms with van der Waals surface area (Å²) in [6, 6.07) is 15.9. The number of rotatable bonds is 6. The van der Waals surface area contributed by atoms with Crippen LogP contribution in [0.4, 0.5) is 11.4 Å². The first kappa shape index (κ1) is 19.5. The molecule has 1 amide bonds. The first-order chi connectivity index (χ1) is 14.2. The Balaban J connectivity index is 1.29. The van der Waals surface area contributed by atoms with Gasteiger partial charge in [0.05, 0.1) is 5.75 Å². The fourth-order valence-electron chi connectivity index (χ4n) is 3.39. The van der Waals surface area contributed by atoms with Crippen LogP contribution in [0.5, 0.6) is 0 Å². The Morgan fingerprint density at radius 3 is 2.66 bits per heavy atom. The molecule has 0 aliphatic carbocycles. The van der Waals surface area contributed by atoms with E-state index in [1.165, 1.54) is 36.7 Å². The van der Waals surface area contributed by atoms with Crippen LogP contribution in [-0.4, -0.2) is 34.9 Å². The maximum absolute atomic E-state index is 12.3. The molecule has 1 aliphatic heterocycles. The third kappa shape index (κ3) is 5.17. The van der Waals surface area contributed by atoms with E-state index in [-0.39, 0.29) is 11.7 Å². The highest BCUT2D eigenvalue weighted by molar-refractivity contribution is 7.99. The van der Waals surface area contributed by atoms with E-state index in [1.54, 1.807) is 0 Å². The maximum atomic E-state index is 12.3. The van der Waals surface area contributed by atoms with Crippen LogP contribution in [0.1, 0.15) is 24.8 Å². The lowest BCUT2D eigenvalue weighted by Crippen LogP contribution is -2.29. The second kappa shape index (κ2) is 9.13. The van der Waals surface area contributed by atoms with Crippen molar-refractivity contribution in [1.82, 2.24) is 10.2 Å². The Bertz CT molecular complexity index is 965. The number of hydrogen-bond donors (Lipinski definition) is 1. The molecule has 150 valence electrons. The van der Waals surface area contributed by atoms with E-state index < -0.39 is 0 Å². The minimum absolute atomic E-state index is 0.101. The third-order valence-corrected chi connectivity index (χ3v) is 5.69. The van der Waals surface area contributed by atoms with Crippen molar-refractivity contribution in [3.05, 3.63) is 54.1 Å². The van der Waals surface area contributed by atoms with Crippen LogP contribution in [0.3, 0.4) is 0 Å². The fraction of sp³-hybridized carbons (Fsp3) is 0.318. The Morgan fingerprint density at radius 2 is 1.90 bits per heavy atom. The number of aromatic nitrogens is 2. The summed E-state index contributed by atoms with van der Waals surface area (Å²) in [5.41, 5.74) is 4.01. The highest BCUT2D eigenvalue weighted by Crippen LogP contribution is 2.25. The van der Waals surface area contributed by atoms with Crippen molar-refractivity contribution in [3.63, 3.8) is 0 Å². The molecular weight excluding hydrogens is 384 g/mol. The zero-order chi connectivity index (χ0) is 20.1. The molecule has 3 aromatic rings. The van der Waals surface area contributed by atoms with Crippen LogP contribution in [-0.2, 0) is 4.79 Å². The summed E-state index contributed by atoms with van der Waals surface area (Å²) in [6.45, 7) is 4.23. The molecule has 0 bridgehead atoms. The SMILES string of the molecule is Cc1cccc(-c2nnc(SCC(=O)Nc3ccc(N4CCCCC4)cc3)o2)c1. The lowest BCUT2D eigenvalue weighted by atomic mass is 10.1.